The minimum atomic E-state index is -3.62. The average molecular weight is 330 g/mol. The first-order valence-corrected chi connectivity index (χ1v) is 7.81. The van der Waals surface area contributed by atoms with E-state index < -0.39 is 21.7 Å². The van der Waals surface area contributed by atoms with Crippen LogP contribution >= 0.6 is 12.4 Å². The Labute approximate surface area is 126 Å². The van der Waals surface area contributed by atoms with Crippen LogP contribution in [0.25, 0.3) is 0 Å². The monoisotopic (exact) mass is 329 g/mol. The van der Waals surface area contributed by atoms with Gasteiger partial charge in [-0.05, 0) is 12.8 Å². The zero-order valence-corrected chi connectivity index (χ0v) is 13.6. The molecule has 1 saturated carbocycles. The molecule has 1 aliphatic rings. The normalized spacial score (nSPS) is 17.8. The lowest BCUT2D eigenvalue weighted by Gasteiger charge is -2.30. The molecule has 0 saturated heterocycles. The number of esters is 1. The zero-order chi connectivity index (χ0) is 14.5. The van der Waals surface area contributed by atoms with Gasteiger partial charge in [-0.3, -0.25) is 4.79 Å². The van der Waals surface area contributed by atoms with Crippen LogP contribution in [-0.2, 0) is 19.7 Å². The predicted molar refractivity (Wildman–Crippen MR) is 78.8 cm³/mol. The van der Waals surface area contributed by atoms with Crippen molar-refractivity contribution >= 4 is 28.6 Å². The van der Waals surface area contributed by atoms with Crippen molar-refractivity contribution < 1.29 is 17.9 Å². The van der Waals surface area contributed by atoms with Gasteiger partial charge in [-0.15, -0.1) is 12.4 Å². The number of hydrogen-bond donors (Lipinski definition) is 2. The molecule has 0 amide bonds. The Hall–Kier alpha value is -0.410. The van der Waals surface area contributed by atoms with Crippen LogP contribution in [0.3, 0.4) is 0 Å². The second kappa shape index (κ2) is 8.14. The molecule has 0 aromatic carbocycles. The lowest BCUT2D eigenvalue weighted by atomic mass is 10.0. The van der Waals surface area contributed by atoms with Gasteiger partial charge in [0.05, 0.1) is 13.5 Å². The molecule has 0 unspecified atom stereocenters. The minimum Gasteiger partial charge on any atom is -0.469 e. The van der Waals surface area contributed by atoms with Crippen LogP contribution in [0.1, 0.15) is 32.1 Å². The Morgan fingerprint density at radius 1 is 1.40 bits per heavy atom. The summed E-state index contributed by atoms with van der Waals surface area (Å²) in [4.78, 5) is 11.0. The van der Waals surface area contributed by atoms with Gasteiger partial charge < -0.3 is 10.5 Å². The Balaban J connectivity index is 0.00000361. The maximum atomic E-state index is 12.2. The van der Waals surface area contributed by atoms with Gasteiger partial charge in [-0.2, -0.15) is 17.4 Å². The average Bonchev–Trinajstić information content (AvgIpc) is 2.83. The molecule has 0 spiro atoms. The highest BCUT2D eigenvalue weighted by Crippen LogP contribution is 2.29. The molecule has 7 nitrogen and oxygen atoms in total. The van der Waals surface area contributed by atoms with Crippen LogP contribution < -0.4 is 10.5 Å². The van der Waals surface area contributed by atoms with Gasteiger partial charge in [0.1, 0.15) is 0 Å². The van der Waals surface area contributed by atoms with E-state index in [9.17, 15) is 13.2 Å². The SMILES string of the molecule is COC(=O)CCN(C)S(=O)(=O)NC1(CN)CCCC1.Cl. The highest BCUT2D eigenvalue weighted by Gasteiger charge is 2.37. The standard InChI is InChI=1S/C11H23N3O4S.ClH/c1-14(8-5-10(15)18-2)19(16,17)13-11(9-12)6-3-4-7-11;/h13H,3-9,12H2,1-2H3;1H. The smallest absolute Gasteiger partial charge is 0.306 e. The predicted octanol–water partition coefficient (Wildman–Crippen LogP) is 0.00900. The zero-order valence-electron chi connectivity index (χ0n) is 11.9. The van der Waals surface area contributed by atoms with Crippen LogP contribution in [0.15, 0.2) is 0 Å². The third-order valence-corrected chi connectivity index (χ3v) is 5.26. The first kappa shape index (κ1) is 19.6. The number of nitrogens with one attached hydrogen (secondary N) is 1. The Bertz CT molecular complexity index is 410. The van der Waals surface area contributed by atoms with E-state index in [2.05, 4.69) is 9.46 Å². The van der Waals surface area contributed by atoms with Crippen LogP contribution in [0.5, 0.6) is 0 Å². The first-order valence-electron chi connectivity index (χ1n) is 6.37. The largest absolute Gasteiger partial charge is 0.469 e. The van der Waals surface area contributed by atoms with Gasteiger partial charge >= 0.3 is 5.97 Å². The van der Waals surface area contributed by atoms with Crippen LogP contribution in [-0.4, -0.2) is 51.5 Å². The van der Waals surface area contributed by atoms with Crippen molar-refractivity contribution in [2.75, 3.05) is 27.2 Å². The fourth-order valence-electron chi connectivity index (χ4n) is 2.22. The summed E-state index contributed by atoms with van der Waals surface area (Å²) in [6, 6.07) is 0. The maximum absolute atomic E-state index is 12.2. The van der Waals surface area contributed by atoms with E-state index in [1.54, 1.807) is 0 Å². The molecule has 9 heteroatoms. The minimum absolute atomic E-state index is 0. The number of nitrogens with zero attached hydrogens (tertiary/aromatic N) is 1. The summed E-state index contributed by atoms with van der Waals surface area (Å²) < 4.78 is 32.6. The highest BCUT2D eigenvalue weighted by atomic mass is 35.5. The molecule has 0 aliphatic heterocycles. The lowest BCUT2D eigenvalue weighted by molar-refractivity contribution is -0.140. The van der Waals surface area contributed by atoms with Crippen molar-refractivity contribution in [3.63, 3.8) is 0 Å². The van der Waals surface area contributed by atoms with Crippen molar-refractivity contribution in [1.82, 2.24) is 9.03 Å². The fraction of sp³-hybridized carbons (Fsp3) is 0.909. The van der Waals surface area contributed by atoms with E-state index in [-0.39, 0.29) is 31.9 Å². The number of methoxy groups -OCH3 is 1. The number of nitrogens with two attached hydrogens (primary N) is 1. The summed E-state index contributed by atoms with van der Waals surface area (Å²) in [5.74, 6) is -0.434. The molecule has 120 valence electrons. The summed E-state index contributed by atoms with van der Waals surface area (Å²) in [7, 11) is -0.913. The fourth-order valence-corrected chi connectivity index (χ4v) is 3.54. The van der Waals surface area contributed by atoms with Gasteiger partial charge in [0.2, 0.25) is 0 Å². The molecule has 20 heavy (non-hydrogen) atoms. The summed E-state index contributed by atoms with van der Waals surface area (Å²) in [6.07, 6.45) is 3.50. The lowest BCUT2D eigenvalue weighted by Crippen LogP contribution is -2.55. The molecular formula is C11H24ClN3O4S. The van der Waals surface area contributed by atoms with Crippen molar-refractivity contribution in [3.05, 3.63) is 0 Å². The molecule has 0 aromatic rings. The highest BCUT2D eigenvalue weighted by molar-refractivity contribution is 7.87. The number of carbonyl (C=O) groups excluding carboxylic acids is 1. The second-order valence-electron chi connectivity index (χ2n) is 4.95. The van der Waals surface area contributed by atoms with Crippen LogP contribution in [0, 0.1) is 0 Å². The molecule has 0 heterocycles. The molecule has 0 atom stereocenters. The summed E-state index contributed by atoms with van der Waals surface area (Å²) >= 11 is 0. The van der Waals surface area contributed by atoms with E-state index in [1.165, 1.54) is 14.2 Å². The molecule has 0 aromatic heterocycles. The summed E-state index contributed by atoms with van der Waals surface area (Å²) in [5.41, 5.74) is 5.17. The molecule has 1 fully saturated rings. The first-order chi connectivity index (χ1) is 8.85. The van der Waals surface area contributed by atoms with E-state index in [4.69, 9.17) is 5.73 Å². The van der Waals surface area contributed by atoms with Gasteiger partial charge in [-0.25, -0.2) is 0 Å². The summed E-state index contributed by atoms with van der Waals surface area (Å²) in [5, 5.41) is 0. The Morgan fingerprint density at radius 2 is 1.95 bits per heavy atom. The van der Waals surface area contributed by atoms with E-state index in [1.807, 2.05) is 0 Å². The number of rotatable bonds is 7. The summed E-state index contributed by atoms with van der Waals surface area (Å²) in [6.45, 7) is 0.375. The van der Waals surface area contributed by atoms with E-state index in [0.29, 0.717) is 0 Å². The van der Waals surface area contributed by atoms with E-state index >= 15 is 0 Å². The van der Waals surface area contributed by atoms with Crippen LogP contribution in [0.2, 0.25) is 0 Å². The topological polar surface area (TPSA) is 102 Å². The number of carbonyl (C=O) groups is 1. The third kappa shape index (κ3) is 5.17. The van der Waals surface area contributed by atoms with Crippen molar-refractivity contribution in [2.24, 2.45) is 5.73 Å². The molecule has 0 radical (unpaired) electrons. The number of hydrogen-bond acceptors (Lipinski definition) is 5. The Morgan fingerprint density at radius 3 is 2.40 bits per heavy atom. The van der Waals surface area contributed by atoms with Gasteiger partial charge in [0, 0.05) is 25.7 Å². The Kier molecular flexibility index (Phi) is 7.97. The van der Waals surface area contributed by atoms with Gasteiger partial charge in [0.25, 0.3) is 10.2 Å². The van der Waals surface area contributed by atoms with Gasteiger partial charge in [-0.1, -0.05) is 12.8 Å². The molecule has 3 N–H and O–H groups in total. The molecule has 1 rings (SSSR count). The maximum Gasteiger partial charge on any atom is 0.306 e. The van der Waals surface area contributed by atoms with E-state index in [0.717, 1.165) is 30.0 Å². The van der Waals surface area contributed by atoms with Gasteiger partial charge in [0.15, 0.2) is 0 Å². The number of ether oxygens (including phenoxy) is 1. The second-order valence-corrected chi connectivity index (χ2v) is 6.72. The van der Waals surface area contributed by atoms with Crippen molar-refractivity contribution in [1.29, 1.82) is 0 Å². The third-order valence-electron chi connectivity index (χ3n) is 3.57. The number of halogens is 1. The quantitative estimate of drug-likeness (QED) is 0.641. The molecule has 1 aliphatic carbocycles. The van der Waals surface area contributed by atoms with Crippen LogP contribution in [0.4, 0.5) is 0 Å². The molecule has 0 bridgehead atoms. The van der Waals surface area contributed by atoms with Crippen molar-refractivity contribution in [3.8, 4) is 0 Å². The van der Waals surface area contributed by atoms with Crippen molar-refractivity contribution in [2.45, 2.75) is 37.6 Å². The molecular weight excluding hydrogens is 306 g/mol.